The average Bonchev–Trinajstić information content (AvgIpc) is 2.92. The van der Waals surface area contributed by atoms with Gasteiger partial charge < -0.3 is 15.3 Å². The number of aromatic nitrogens is 1. The highest BCUT2D eigenvalue weighted by molar-refractivity contribution is 7.09. The first-order valence-corrected chi connectivity index (χ1v) is 7.05. The van der Waals surface area contributed by atoms with Crippen LogP contribution in [0.25, 0.3) is 0 Å². The van der Waals surface area contributed by atoms with Crippen LogP contribution in [0.3, 0.4) is 0 Å². The Bertz CT molecular complexity index is 488. The van der Waals surface area contributed by atoms with Gasteiger partial charge in [-0.15, -0.1) is 11.3 Å². The fourth-order valence-corrected chi connectivity index (χ4v) is 3.00. The Morgan fingerprint density at radius 2 is 2.37 bits per heavy atom. The lowest BCUT2D eigenvalue weighted by Gasteiger charge is -2.23. The first kappa shape index (κ1) is 13.8. The maximum Gasteiger partial charge on any atom is 0.318 e. The number of carboxylic acid groups (broad SMARTS) is 1. The Morgan fingerprint density at radius 1 is 1.63 bits per heavy atom. The molecule has 0 saturated carbocycles. The van der Waals surface area contributed by atoms with Crippen molar-refractivity contribution in [3.8, 4) is 0 Å². The number of hydrogen-bond donors (Lipinski definition) is 2. The van der Waals surface area contributed by atoms with Crippen molar-refractivity contribution in [2.24, 2.45) is 5.92 Å². The maximum atomic E-state index is 12.0. The van der Waals surface area contributed by atoms with Crippen LogP contribution in [0.4, 0.5) is 4.79 Å². The number of urea groups is 1. The van der Waals surface area contributed by atoms with E-state index >= 15 is 0 Å². The van der Waals surface area contributed by atoms with E-state index in [9.17, 15) is 9.59 Å². The Hall–Kier alpha value is -1.63. The van der Waals surface area contributed by atoms with Gasteiger partial charge in [0.1, 0.15) is 5.01 Å². The first-order chi connectivity index (χ1) is 8.99. The minimum atomic E-state index is -0.835. The summed E-state index contributed by atoms with van der Waals surface area (Å²) in [7, 11) is 0. The number of carboxylic acids is 1. The van der Waals surface area contributed by atoms with E-state index in [0.717, 1.165) is 10.7 Å². The largest absolute Gasteiger partial charge is 0.481 e. The zero-order valence-electron chi connectivity index (χ0n) is 10.9. The van der Waals surface area contributed by atoms with E-state index in [4.69, 9.17) is 5.11 Å². The van der Waals surface area contributed by atoms with Gasteiger partial charge in [-0.3, -0.25) is 4.79 Å². The third-order valence-electron chi connectivity index (χ3n) is 3.39. The summed E-state index contributed by atoms with van der Waals surface area (Å²) in [4.78, 5) is 28.8. The second-order valence-electron chi connectivity index (χ2n) is 4.71. The first-order valence-electron chi connectivity index (χ1n) is 6.17. The van der Waals surface area contributed by atoms with E-state index in [1.54, 1.807) is 11.8 Å². The number of rotatable bonds is 3. The average molecular weight is 283 g/mol. The molecule has 104 valence electrons. The lowest BCUT2D eigenvalue weighted by molar-refractivity contribution is -0.142. The fraction of sp³-hybridized carbons (Fsp3) is 0.583. The molecule has 1 aromatic rings. The molecule has 2 atom stereocenters. The molecule has 0 spiro atoms. The van der Waals surface area contributed by atoms with Crippen LogP contribution in [-0.4, -0.2) is 39.6 Å². The minimum Gasteiger partial charge on any atom is -0.481 e. The third kappa shape index (κ3) is 3.04. The third-order valence-corrected chi connectivity index (χ3v) is 4.36. The quantitative estimate of drug-likeness (QED) is 0.879. The Labute approximate surface area is 115 Å². The molecular weight excluding hydrogens is 266 g/mol. The van der Waals surface area contributed by atoms with Gasteiger partial charge in [0.05, 0.1) is 12.5 Å². The summed E-state index contributed by atoms with van der Waals surface area (Å²) in [5.41, 5.74) is 0.940. The number of amides is 2. The summed E-state index contributed by atoms with van der Waals surface area (Å²) in [6.45, 7) is 4.56. The van der Waals surface area contributed by atoms with Crippen LogP contribution in [0.2, 0.25) is 0 Å². The number of carbonyl (C=O) groups is 2. The van der Waals surface area contributed by atoms with Gasteiger partial charge >= 0.3 is 12.0 Å². The summed E-state index contributed by atoms with van der Waals surface area (Å²) in [6, 6.07) is -0.486. The highest BCUT2D eigenvalue weighted by Crippen LogP contribution is 2.24. The predicted octanol–water partition coefficient (Wildman–Crippen LogP) is 1.46. The second kappa shape index (κ2) is 5.56. The monoisotopic (exact) mass is 283 g/mol. The van der Waals surface area contributed by atoms with Crippen molar-refractivity contribution in [2.75, 3.05) is 6.54 Å². The van der Waals surface area contributed by atoms with Crippen molar-refractivity contribution in [3.63, 3.8) is 0 Å². The Kier molecular flexibility index (Phi) is 4.04. The molecule has 0 aromatic carbocycles. The summed E-state index contributed by atoms with van der Waals surface area (Å²) in [5.74, 6) is -1.30. The van der Waals surface area contributed by atoms with Gasteiger partial charge in [0.25, 0.3) is 0 Å². The lowest BCUT2D eigenvalue weighted by atomic mass is 10.0. The van der Waals surface area contributed by atoms with Crippen LogP contribution in [0, 0.1) is 12.8 Å². The molecule has 2 amide bonds. The summed E-state index contributed by atoms with van der Waals surface area (Å²) in [6.07, 6.45) is 0.514. The molecule has 1 aliphatic rings. The molecule has 19 heavy (non-hydrogen) atoms. The van der Waals surface area contributed by atoms with E-state index in [-0.39, 0.29) is 12.1 Å². The van der Waals surface area contributed by atoms with Crippen LogP contribution >= 0.6 is 11.3 Å². The molecular formula is C12H17N3O3S. The van der Waals surface area contributed by atoms with E-state index in [0.29, 0.717) is 19.5 Å². The maximum absolute atomic E-state index is 12.0. The molecule has 2 heterocycles. The van der Waals surface area contributed by atoms with Crippen molar-refractivity contribution in [1.29, 1.82) is 0 Å². The lowest BCUT2D eigenvalue weighted by Crippen LogP contribution is -2.43. The summed E-state index contributed by atoms with van der Waals surface area (Å²) < 4.78 is 0. The number of carbonyl (C=O) groups excluding carboxylic acids is 1. The van der Waals surface area contributed by atoms with Crippen molar-refractivity contribution in [3.05, 3.63) is 16.1 Å². The van der Waals surface area contributed by atoms with Crippen LogP contribution in [-0.2, 0) is 11.3 Å². The van der Waals surface area contributed by atoms with E-state index in [1.165, 1.54) is 11.3 Å². The molecule has 1 fully saturated rings. The fourth-order valence-electron chi connectivity index (χ4n) is 2.29. The minimum absolute atomic E-state index is 0.218. The van der Waals surface area contributed by atoms with Crippen LogP contribution in [0.1, 0.15) is 24.0 Å². The Balaban J connectivity index is 1.89. The smallest absolute Gasteiger partial charge is 0.318 e. The van der Waals surface area contributed by atoms with E-state index in [2.05, 4.69) is 10.3 Å². The van der Waals surface area contributed by atoms with Gasteiger partial charge in [0.15, 0.2) is 0 Å². The van der Waals surface area contributed by atoms with Crippen molar-refractivity contribution >= 4 is 23.3 Å². The van der Waals surface area contributed by atoms with Crippen LogP contribution in [0.5, 0.6) is 0 Å². The molecule has 7 heteroatoms. The summed E-state index contributed by atoms with van der Waals surface area (Å²) >= 11 is 1.50. The van der Waals surface area contributed by atoms with Gasteiger partial charge in [0, 0.05) is 23.7 Å². The van der Waals surface area contributed by atoms with Crippen molar-refractivity contribution in [1.82, 2.24) is 15.2 Å². The number of aliphatic carboxylic acids is 1. The number of likely N-dealkylation sites (tertiary alicyclic amines) is 1. The van der Waals surface area contributed by atoms with Gasteiger partial charge in [0.2, 0.25) is 0 Å². The van der Waals surface area contributed by atoms with Crippen molar-refractivity contribution < 1.29 is 14.7 Å². The highest BCUT2D eigenvalue weighted by atomic mass is 32.1. The van der Waals surface area contributed by atoms with Gasteiger partial charge in [-0.2, -0.15) is 0 Å². The number of nitrogens with one attached hydrogen (secondary N) is 1. The zero-order valence-corrected chi connectivity index (χ0v) is 11.7. The molecule has 2 N–H and O–H groups in total. The number of aryl methyl sites for hydroxylation is 1. The molecule has 0 aliphatic carbocycles. The Morgan fingerprint density at radius 3 is 2.89 bits per heavy atom. The van der Waals surface area contributed by atoms with Gasteiger partial charge in [-0.25, -0.2) is 9.78 Å². The number of hydrogen-bond acceptors (Lipinski definition) is 4. The highest BCUT2D eigenvalue weighted by Gasteiger charge is 2.37. The number of nitrogens with zero attached hydrogens (tertiary/aromatic N) is 2. The molecule has 1 saturated heterocycles. The molecule has 1 aliphatic heterocycles. The number of thiazole rings is 1. The van der Waals surface area contributed by atoms with Crippen molar-refractivity contribution in [2.45, 2.75) is 32.9 Å². The standard InChI is InChI=1S/C12H17N3O3S/c1-7-6-19-10(14-7)5-13-12(18)15-4-3-9(8(15)2)11(16)17/h6,8-9H,3-5H2,1-2H3,(H,13,18)(H,16,17). The molecule has 6 nitrogen and oxygen atoms in total. The van der Waals surface area contributed by atoms with Crippen LogP contribution < -0.4 is 5.32 Å². The molecule has 2 unspecified atom stereocenters. The van der Waals surface area contributed by atoms with Gasteiger partial charge in [-0.05, 0) is 20.3 Å². The predicted molar refractivity (Wildman–Crippen MR) is 71.0 cm³/mol. The summed E-state index contributed by atoms with van der Waals surface area (Å²) in [5, 5.41) is 14.6. The van der Waals surface area contributed by atoms with Gasteiger partial charge in [-0.1, -0.05) is 0 Å². The SMILES string of the molecule is Cc1csc(CNC(=O)N2CCC(C(=O)O)C2C)n1. The molecule has 0 radical (unpaired) electrons. The van der Waals surface area contributed by atoms with Crippen LogP contribution in [0.15, 0.2) is 5.38 Å². The second-order valence-corrected chi connectivity index (χ2v) is 5.65. The molecule has 0 bridgehead atoms. The topological polar surface area (TPSA) is 82.5 Å². The zero-order chi connectivity index (χ0) is 14.0. The molecule has 2 rings (SSSR count). The normalized spacial score (nSPS) is 22.5. The van der Waals surface area contributed by atoms with E-state index < -0.39 is 11.9 Å². The molecule has 1 aromatic heterocycles. The van der Waals surface area contributed by atoms with E-state index in [1.807, 2.05) is 12.3 Å².